The molecule has 7 heteroatoms. The first-order chi connectivity index (χ1) is 11.3. The Morgan fingerprint density at radius 3 is 2.42 bits per heavy atom. The molecule has 5 nitrogen and oxygen atoms in total. The number of pyridine rings is 1. The number of carbonyl (C=O) groups excluding carboxylic acids is 1. The van der Waals surface area contributed by atoms with Crippen LogP contribution in [-0.2, 0) is 4.79 Å². The standard InChI is InChI=1S/C17H17F2N3O2/c1-22(2)21-14(12-7-4-3-5-8-12)16(24)17(18,19)15(23)13-9-6-10-20-11-13/h3-11,15,23H,1-2H3/b21-14+. The van der Waals surface area contributed by atoms with E-state index in [0.717, 1.165) is 6.20 Å². The molecule has 2 aromatic rings. The van der Waals surface area contributed by atoms with Crippen LogP contribution in [0.25, 0.3) is 0 Å². The van der Waals surface area contributed by atoms with Crippen LogP contribution in [0, 0.1) is 0 Å². The Balaban J connectivity index is 2.42. The first-order valence-electron chi connectivity index (χ1n) is 7.16. The molecular weight excluding hydrogens is 316 g/mol. The Labute approximate surface area is 138 Å². The zero-order valence-electron chi connectivity index (χ0n) is 13.2. The van der Waals surface area contributed by atoms with Gasteiger partial charge in [0.2, 0.25) is 0 Å². The zero-order chi connectivity index (χ0) is 17.7. The summed E-state index contributed by atoms with van der Waals surface area (Å²) < 4.78 is 29.1. The Kier molecular flexibility index (Phi) is 5.35. The Morgan fingerprint density at radius 1 is 1.21 bits per heavy atom. The number of benzene rings is 1. The van der Waals surface area contributed by atoms with E-state index in [9.17, 15) is 18.7 Å². The number of hydrogen-bond acceptors (Lipinski definition) is 5. The summed E-state index contributed by atoms with van der Waals surface area (Å²) in [4.78, 5) is 16.1. The summed E-state index contributed by atoms with van der Waals surface area (Å²) in [5.74, 6) is -5.60. The third-order valence-electron chi connectivity index (χ3n) is 3.21. The summed E-state index contributed by atoms with van der Waals surface area (Å²) in [6.45, 7) is 0. The molecule has 0 bridgehead atoms. The predicted molar refractivity (Wildman–Crippen MR) is 85.8 cm³/mol. The maximum atomic E-state index is 14.6. The first kappa shape index (κ1) is 17.7. The van der Waals surface area contributed by atoms with Crippen molar-refractivity contribution in [2.24, 2.45) is 5.10 Å². The number of Topliss-reactive ketones (excluding diaryl/α,β-unsaturated/α-hetero) is 1. The van der Waals surface area contributed by atoms with Crippen LogP contribution in [-0.4, -0.2) is 46.6 Å². The molecule has 0 aliphatic rings. The second-order valence-corrected chi connectivity index (χ2v) is 5.30. The maximum absolute atomic E-state index is 14.6. The summed E-state index contributed by atoms with van der Waals surface area (Å²) in [6, 6.07) is 10.6. The second kappa shape index (κ2) is 7.27. The number of aromatic nitrogens is 1. The summed E-state index contributed by atoms with van der Waals surface area (Å²) in [5.41, 5.74) is -0.323. The van der Waals surface area contributed by atoms with Gasteiger partial charge in [0.05, 0.1) is 0 Å². The van der Waals surface area contributed by atoms with Gasteiger partial charge in [0.15, 0.2) is 6.10 Å². The average molecular weight is 333 g/mol. The van der Waals surface area contributed by atoms with E-state index in [4.69, 9.17) is 0 Å². The molecule has 0 spiro atoms. The molecule has 0 saturated heterocycles. The molecule has 1 atom stereocenters. The summed E-state index contributed by atoms with van der Waals surface area (Å²) in [7, 11) is 3.04. The van der Waals surface area contributed by atoms with E-state index < -0.39 is 23.5 Å². The molecule has 0 aliphatic heterocycles. The average Bonchev–Trinajstić information content (AvgIpc) is 2.59. The highest BCUT2D eigenvalue weighted by molar-refractivity contribution is 6.48. The minimum Gasteiger partial charge on any atom is -0.381 e. The molecule has 1 heterocycles. The number of alkyl halides is 2. The fourth-order valence-electron chi connectivity index (χ4n) is 2.06. The van der Waals surface area contributed by atoms with E-state index >= 15 is 0 Å². The van der Waals surface area contributed by atoms with Gasteiger partial charge in [0.1, 0.15) is 5.71 Å². The molecule has 1 aromatic heterocycles. The number of ketones is 1. The van der Waals surface area contributed by atoms with Crippen LogP contribution in [0.5, 0.6) is 0 Å². The number of halogens is 2. The van der Waals surface area contributed by atoms with Gasteiger partial charge in [-0.3, -0.25) is 9.78 Å². The lowest BCUT2D eigenvalue weighted by Crippen LogP contribution is -2.41. The van der Waals surface area contributed by atoms with Gasteiger partial charge in [-0.15, -0.1) is 0 Å². The van der Waals surface area contributed by atoms with Crippen molar-refractivity contribution in [3.05, 3.63) is 66.0 Å². The van der Waals surface area contributed by atoms with E-state index in [-0.39, 0.29) is 11.1 Å². The molecule has 1 unspecified atom stereocenters. The van der Waals surface area contributed by atoms with Crippen molar-refractivity contribution < 1.29 is 18.7 Å². The molecule has 0 aliphatic carbocycles. The van der Waals surface area contributed by atoms with E-state index in [2.05, 4.69) is 10.1 Å². The minimum atomic E-state index is -4.05. The fraction of sp³-hybridized carbons (Fsp3) is 0.235. The van der Waals surface area contributed by atoms with Gasteiger partial charge in [-0.2, -0.15) is 13.9 Å². The van der Waals surface area contributed by atoms with Gasteiger partial charge >= 0.3 is 5.92 Å². The molecule has 1 aromatic carbocycles. The lowest BCUT2D eigenvalue weighted by atomic mass is 9.96. The maximum Gasteiger partial charge on any atom is 0.340 e. The summed E-state index contributed by atoms with van der Waals surface area (Å²) in [6.07, 6.45) is 0.172. The van der Waals surface area contributed by atoms with Crippen molar-refractivity contribution in [1.82, 2.24) is 9.99 Å². The van der Waals surface area contributed by atoms with Gasteiger partial charge in [-0.25, -0.2) is 0 Å². The van der Waals surface area contributed by atoms with Gasteiger partial charge < -0.3 is 10.1 Å². The first-order valence-corrected chi connectivity index (χ1v) is 7.16. The third kappa shape index (κ3) is 3.80. The van der Waals surface area contributed by atoms with Crippen molar-refractivity contribution in [3.8, 4) is 0 Å². The summed E-state index contributed by atoms with van der Waals surface area (Å²) >= 11 is 0. The highest BCUT2D eigenvalue weighted by Gasteiger charge is 2.49. The molecule has 0 fully saturated rings. The Morgan fingerprint density at radius 2 is 1.88 bits per heavy atom. The van der Waals surface area contributed by atoms with Crippen molar-refractivity contribution >= 4 is 11.5 Å². The third-order valence-corrected chi connectivity index (χ3v) is 3.21. The van der Waals surface area contributed by atoms with Gasteiger partial charge in [0, 0.05) is 37.6 Å². The van der Waals surface area contributed by atoms with E-state index in [0.29, 0.717) is 0 Å². The van der Waals surface area contributed by atoms with Crippen LogP contribution in [0.2, 0.25) is 0 Å². The Hall–Kier alpha value is -2.67. The van der Waals surface area contributed by atoms with Crippen LogP contribution in [0.4, 0.5) is 8.78 Å². The Bertz CT molecular complexity index is 719. The normalized spacial score (nSPS) is 13.5. The quantitative estimate of drug-likeness (QED) is 0.651. The number of hydrogen-bond donors (Lipinski definition) is 1. The van der Waals surface area contributed by atoms with Crippen LogP contribution in [0.15, 0.2) is 60.0 Å². The number of aliphatic hydroxyl groups excluding tert-OH is 1. The number of carbonyl (C=O) groups is 1. The number of aliphatic hydroxyl groups is 1. The molecule has 1 N–H and O–H groups in total. The van der Waals surface area contributed by atoms with Crippen molar-refractivity contribution in [1.29, 1.82) is 0 Å². The molecule has 0 amide bonds. The van der Waals surface area contributed by atoms with Crippen LogP contribution in [0.3, 0.4) is 0 Å². The van der Waals surface area contributed by atoms with Crippen LogP contribution < -0.4 is 0 Å². The monoisotopic (exact) mass is 333 g/mol. The van der Waals surface area contributed by atoms with Gasteiger partial charge in [0.25, 0.3) is 5.78 Å². The largest absolute Gasteiger partial charge is 0.381 e. The van der Waals surface area contributed by atoms with Crippen LogP contribution in [0.1, 0.15) is 17.2 Å². The lowest BCUT2D eigenvalue weighted by Gasteiger charge is -2.22. The minimum absolute atomic E-state index is 0.145. The lowest BCUT2D eigenvalue weighted by molar-refractivity contribution is -0.154. The number of hydrazone groups is 1. The SMILES string of the molecule is CN(C)/N=C(/C(=O)C(F)(F)C(O)c1cccnc1)c1ccccc1. The summed E-state index contributed by atoms with van der Waals surface area (Å²) in [5, 5.41) is 15.1. The second-order valence-electron chi connectivity index (χ2n) is 5.30. The number of rotatable bonds is 6. The van der Waals surface area contributed by atoms with E-state index in [1.54, 1.807) is 18.2 Å². The highest BCUT2D eigenvalue weighted by atomic mass is 19.3. The molecule has 2 rings (SSSR count). The smallest absolute Gasteiger partial charge is 0.340 e. The van der Waals surface area contributed by atoms with Gasteiger partial charge in [-0.05, 0) is 6.07 Å². The highest BCUT2D eigenvalue weighted by Crippen LogP contribution is 2.33. The molecule has 0 saturated carbocycles. The van der Waals surface area contributed by atoms with Crippen LogP contribution >= 0.6 is 0 Å². The molecule has 0 radical (unpaired) electrons. The topological polar surface area (TPSA) is 65.8 Å². The van der Waals surface area contributed by atoms with Crippen molar-refractivity contribution in [2.45, 2.75) is 12.0 Å². The number of nitrogens with zero attached hydrogens (tertiary/aromatic N) is 3. The zero-order valence-corrected chi connectivity index (χ0v) is 13.2. The van der Waals surface area contributed by atoms with Crippen molar-refractivity contribution in [3.63, 3.8) is 0 Å². The molecule has 126 valence electrons. The predicted octanol–water partition coefficient (Wildman–Crippen LogP) is 2.29. The molecule has 24 heavy (non-hydrogen) atoms. The van der Waals surface area contributed by atoms with Crippen molar-refractivity contribution in [2.75, 3.05) is 14.1 Å². The van der Waals surface area contributed by atoms with E-state index in [1.165, 1.54) is 49.6 Å². The molecular formula is C17H17F2N3O2. The van der Waals surface area contributed by atoms with Gasteiger partial charge in [-0.1, -0.05) is 36.4 Å². The fourth-order valence-corrected chi connectivity index (χ4v) is 2.06. The van der Waals surface area contributed by atoms with E-state index in [1.807, 2.05) is 0 Å².